The first kappa shape index (κ1) is 11.8. The number of hydrogen-bond acceptors (Lipinski definition) is 6. The zero-order valence-corrected chi connectivity index (χ0v) is 10.00. The highest BCUT2D eigenvalue weighted by Gasteiger charge is 2.43. The van der Waals surface area contributed by atoms with Crippen molar-refractivity contribution in [3.8, 4) is 0 Å². The molecular weight excluding hydrogens is 232 g/mol. The fraction of sp³-hybridized carbons (Fsp3) is 0.889. The van der Waals surface area contributed by atoms with Gasteiger partial charge in [-0.15, -0.1) is 0 Å². The van der Waals surface area contributed by atoms with E-state index < -0.39 is 9.84 Å². The molecule has 0 unspecified atom stereocenters. The first-order valence-electron chi connectivity index (χ1n) is 5.26. The van der Waals surface area contributed by atoms with Crippen molar-refractivity contribution in [1.29, 1.82) is 0 Å². The largest absolute Gasteiger partial charge is 0.468 e. The molecule has 1 N–H and O–H groups in total. The van der Waals surface area contributed by atoms with Gasteiger partial charge in [-0.3, -0.25) is 9.69 Å². The van der Waals surface area contributed by atoms with E-state index in [1.54, 1.807) is 0 Å². The minimum absolute atomic E-state index is 0.0385. The van der Waals surface area contributed by atoms with Crippen LogP contribution in [0.5, 0.6) is 0 Å². The van der Waals surface area contributed by atoms with Gasteiger partial charge >= 0.3 is 5.97 Å². The van der Waals surface area contributed by atoms with Crippen molar-refractivity contribution < 1.29 is 17.9 Å². The van der Waals surface area contributed by atoms with Crippen LogP contribution >= 0.6 is 0 Å². The summed E-state index contributed by atoms with van der Waals surface area (Å²) in [4.78, 5) is 13.1. The van der Waals surface area contributed by atoms with E-state index in [-0.39, 0.29) is 36.1 Å². The van der Waals surface area contributed by atoms with E-state index >= 15 is 0 Å². The number of rotatable bonds is 2. The summed E-state index contributed by atoms with van der Waals surface area (Å²) in [6, 6.07) is -0.124. The summed E-state index contributed by atoms with van der Waals surface area (Å²) in [6.07, 6.45) is 0. The Labute approximate surface area is 94.9 Å². The van der Waals surface area contributed by atoms with E-state index in [9.17, 15) is 13.2 Å². The molecule has 92 valence electrons. The molecule has 2 fully saturated rings. The number of nitrogens with zero attached hydrogens (tertiary/aromatic N) is 1. The lowest BCUT2D eigenvalue weighted by Gasteiger charge is -2.36. The average molecular weight is 248 g/mol. The van der Waals surface area contributed by atoms with Crippen LogP contribution in [-0.4, -0.2) is 69.6 Å². The quantitative estimate of drug-likeness (QED) is 0.583. The molecule has 6 nitrogen and oxygen atoms in total. The van der Waals surface area contributed by atoms with Crippen LogP contribution in [-0.2, 0) is 19.4 Å². The number of nitrogens with one attached hydrogen (secondary N) is 1. The summed E-state index contributed by atoms with van der Waals surface area (Å²) >= 11 is 0. The molecule has 0 aliphatic carbocycles. The third kappa shape index (κ3) is 2.36. The van der Waals surface area contributed by atoms with Crippen molar-refractivity contribution in [2.24, 2.45) is 0 Å². The van der Waals surface area contributed by atoms with Crippen LogP contribution in [0.25, 0.3) is 0 Å². The Bertz CT molecular complexity index is 381. The molecule has 0 spiro atoms. The van der Waals surface area contributed by atoms with Crippen LogP contribution in [0.15, 0.2) is 0 Å². The van der Waals surface area contributed by atoms with Crippen LogP contribution in [0.3, 0.4) is 0 Å². The minimum atomic E-state index is -2.96. The molecule has 0 aromatic heterocycles. The van der Waals surface area contributed by atoms with Gasteiger partial charge in [0.05, 0.1) is 25.2 Å². The number of carbonyl (C=O) groups is 1. The average Bonchev–Trinajstić information content (AvgIpc) is 2.53. The van der Waals surface area contributed by atoms with Crippen molar-refractivity contribution in [2.45, 2.75) is 12.1 Å². The maximum absolute atomic E-state index is 11.5. The van der Waals surface area contributed by atoms with Crippen LogP contribution in [0, 0.1) is 0 Å². The fourth-order valence-corrected chi connectivity index (χ4v) is 4.36. The Morgan fingerprint density at radius 1 is 1.50 bits per heavy atom. The number of esters is 1. The second-order valence-corrected chi connectivity index (χ2v) is 6.41. The highest BCUT2D eigenvalue weighted by molar-refractivity contribution is 7.91. The van der Waals surface area contributed by atoms with Crippen molar-refractivity contribution >= 4 is 15.8 Å². The summed E-state index contributed by atoms with van der Waals surface area (Å²) < 4.78 is 27.6. The SMILES string of the molecule is COC(=O)CN1CCN[C@H]2CS(=O)(=O)C[C@H]21. The lowest BCUT2D eigenvalue weighted by atomic mass is 10.1. The van der Waals surface area contributed by atoms with Crippen LogP contribution in [0.1, 0.15) is 0 Å². The van der Waals surface area contributed by atoms with Crippen LogP contribution in [0.4, 0.5) is 0 Å². The monoisotopic (exact) mass is 248 g/mol. The highest BCUT2D eigenvalue weighted by atomic mass is 32.2. The second-order valence-electron chi connectivity index (χ2n) is 4.25. The third-order valence-corrected chi connectivity index (χ3v) is 4.87. The number of methoxy groups -OCH3 is 1. The summed E-state index contributed by atoms with van der Waals surface area (Å²) in [5.74, 6) is 0.00161. The summed E-state index contributed by atoms with van der Waals surface area (Å²) in [6.45, 7) is 1.58. The van der Waals surface area contributed by atoms with Gasteiger partial charge in [0.2, 0.25) is 0 Å². The van der Waals surface area contributed by atoms with Crippen LogP contribution in [0.2, 0.25) is 0 Å². The molecule has 2 aliphatic rings. The number of ether oxygens (including phenoxy) is 1. The molecule has 0 radical (unpaired) electrons. The Morgan fingerprint density at radius 3 is 2.94 bits per heavy atom. The van der Waals surface area contributed by atoms with E-state index in [1.807, 2.05) is 4.90 Å². The van der Waals surface area contributed by atoms with Gasteiger partial charge < -0.3 is 10.1 Å². The van der Waals surface area contributed by atoms with E-state index in [2.05, 4.69) is 10.1 Å². The number of fused-ring (bicyclic) bond motifs is 1. The summed E-state index contributed by atoms with van der Waals surface area (Å²) in [7, 11) is -1.62. The molecule has 7 heteroatoms. The Balaban J connectivity index is 2.07. The van der Waals surface area contributed by atoms with Gasteiger partial charge in [-0.25, -0.2) is 8.42 Å². The molecule has 2 saturated heterocycles. The molecule has 0 bridgehead atoms. The normalized spacial score (nSPS) is 33.3. The molecule has 0 aromatic carbocycles. The first-order chi connectivity index (χ1) is 7.52. The Hall–Kier alpha value is -0.660. The maximum Gasteiger partial charge on any atom is 0.319 e. The third-order valence-electron chi connectivity index (χ3n) is 3.16. The number of sulfone groups is 1. The van der Waals surface area contributed by atoms with Crippen LogP contribution < -0.4 is 5.32 Å². The molecule has 0 aromatic rings. The molecule has 0 saturated carbocycles. The predicted octanol–water partition coefficient (Wildman–Crippen LogP) is -1.77. The summed E-state index contributed by atoms with van der Waals surface area (Å²) in [5, 5.41) is 3.18. The van der Waals surface area contributed by atoms with E-state index in [0.717, 1.165) is 0 Å². The minimum Gasteiger partial charge on any atom is -0.468 e. The standard InChI is InChI=1S/C9H16N2O4S/c1-15-9(12)4-11-3-2-10-7-5-16(13,14)6-8(7)11/h7-8,10H,2-6H2,1H3/t7-,8+/m0/s1. The first-order valence-corrected chi connectivity index (χ1v) is 7.08. The molecule has 0 amide bonds. The van der Waals surface area contributed by atoms with Crippen molar-refractivity contribution in [3.05, 3.63) is 0 Å². The van der Waals surface area contributed by atoms with Gasteiger partial charge in [0.25, 0.3) is 0 Å². The lowest BCUT2D eigenvalue weighted by molar-refractivity contribution is -0.142. The van der Waals surface area contributed by atoms with Crippen molar-refractivity contribution in [2.75, 3.05) is 38.2 Å². The number of hydrogen-bond donors (Lipinski definition) is 1. The van der Waals surface area contributed by atoms with Gasteiger partial charge in [-0.2, -0.15) is 0 Å². The smallest absolute Gasteiger partial charge is 0.319 e. The van der Waals surface area contributed by atoms with E-state index in [1.165, 1.54) is 7.11 Å². The lowest BCUT2D eigenvalue weighted by Crippen LogP contribution is -2.58. The fourth-order valence-electron chi connectivity index (χ4n) is 2.37. The zero-order valence-electron chi connectivity index (χ0n) is 9.18. The topological polar surface area (TPSA) is 75.7 Å². The maximum atomic E-state index is 11.5. The van der Waals surface area contributed by atoms with Gasteiger partial charge in [0.15, 0.2) is 9.84 Å². The molecular formula is C9H16N2O4S. The molecule has 16 heavy (non-hydrogen) atoms. The molecule has 2 rings (SSSR count). The van der Waals surface area contributed by atoms with E-state index in [0.29, 0.717) is 13.1 Å². The van der Waals surface area contributed by atoms with Crippen molar-refractivity contribution in [1.82, 2.24) is 10.2 Å². The predicted molar refractivity (Wildman–Crippen MR) is 57.8 cm³/mol. The van der Waals surface area contributed by atoms with Gasteiger partial charge in [-0.05, 0) is 0 Å². The molecule has 2 aliphatic heterocycles. The number of carbonyl (C=O) groups excluding carboxylic acids is 1. The molecule has 2 heterocycles. The summed E-state index contributed by atoms with van der Waals surface area (Å²) in [5.41, 5.74) is 0. The second kappa shape index (κ2) is 4.31. The van der Waals surface area contributed by atoms with Gasteiger partial charge in [-0.1, -0.05) is 0 Å². The zero-order chi connectivity index (χ0) is 11.8. The Kier molecular flexibility index (Phi) is 3.18. The Morgan fingerprint density at radius 2 is 2.25 bits per heavy atom. The van der Waals surface area contributed by atoms with E-state index in [4.69, 9.17) is 0 Å². The molecule has 2 atom stereocenters. The van der Waals surface area contributed by atoms with Crippen molar-refractivity contribution in [3.63, 3.8) is 0 Å². The number of piperazine rings is 1. The van der Waals surface area contributed by atoms with Gasteiger partial charge in [0, 0.05) is 25.2 Å². The van der Waals surface area contributed by atoms with Gasteiger partial charge in [0.1, 0.15) is 0 Å². The highest BCUT2D eigenvalue weighted by Crippen LogP contribution is 2.20.